The molecule has 0 bridgehead atoms. The monoisotopic (exact) mass is 351 g/mol. The number of halogens is 1. The van der Waals surface area contributed by atoms with Gasteiger partial charge in [-0.25, -0.2) is 4.79 Å². The third-order valence-corrected chi connectivity index (χ3v) is 4.30. The Bertz CT molecular complexity index is 757. The second-order valence-corrected chi connectivity index (χ2v) is 6.13. The van der Waals surface area contributed by atoms with Crippen LogP contribution in [0.1, 0.15) is 16.7 Å². The fourth-order valence-electron chi connectivity index (χ4n) is 1.73. The second-order valence-electron chi connectivity index (χ2n) is 4.70. The molecule has 0 radical (unpaired) electrons. The van der Waals surface area contributed by atoms with Gasteiger partial charge in [-0.1, -0.05) is 11.6 Å². The van der Waals surface area contributed by atoms with Crippen molar-refractivity contribution in [2.75, 3.05) is 7.11 Å². The highest BCUT2D eigenvalue weighted by Gasteiger charge is 2.24. The fraction of sp³-hybridized carbons (Fsp3) is 0.200. The summed E-state index contributed by atoms with van der Waals surface area (Å²) >= 11 is 7.06. The summed E-state index contributed by atoms with van der Waals surface area (Å²) in [6, 6.07) is 3.76. The first kappa shape index (κ1) is 17.2. The Morgan fingerprint density at radius 2 is 2.09 bits per heavy atom. The van der Waals surface area contributed by atoms with E-state index < -0.39 is 11.9 Å². The van der Waals surface area contributed by atoms with Crippen LogP contribution in [-0.4, -0.2) is 30.4 Å². The molecular formula is C15H14ClN3O3S. The summed E-state index contributed by atoms with van der Waals surface area (Å²) in [6.45, 7) is 3.82. The maximum absolute atomic E-state index is 11.7. The number of thioether (sulfide) groups is 1. The van der Waals surface area contributed by atoms with Gasteiger partial charge in [-0.05, 0) is 54.4 Å². The summed E-state index contributed by atoms with van der Waals surface area (Å²) < 4.78 is 4.48. The molecule has 1 heterocycles. The predicted octanol–water partition coefficient (Wildman–Crippen LogP) is 2.57. The van der Waals surface area contributed by atoms with Crippen molar-refractivity contribution in [1.82, 2.24) is 5.32 Å². The summed E-state index contributed by atoms with van der Waals surface area (Å²) in [7, 11) is 1.24. The fourth-order valence-corrected chi connectivity index (χ4v) is 2.68. The second kappa shape index (κ2) is 7.43. The van der Waals surface area contributed by atoms with Crippen molar-refractivity contribution < 1.29 is 14.3 Å². The van der Waals surface area contributed by atoms with Crippen LogP contribution in [0, 0.1) is 13.8 Å². The number of ether oxygens (including phenoxy) is 1. The molecule has 1 fully saturated rings. The first-order chi connectivity index (χ1) is 10.9. The highest BCUT2D eigenvalue weighted by molar-refractivity contribution is 8.18. The topological polar surface area (TPSA) is 80.1 Å². The SMILES string of the molecule is COC(=O)/C=C1/S/C(=N\N=Cc2cc(C)c(Cl)cc2C)NC1=O. The van der Waals surface area contributed by atoms with Crippen molar-refractivity contribution in [1.29, 1.82) is 0 Å². The minimum atomic E-state index is -0.598. The Kier molecular flexibility index (Phi) is 5.57. The number of rotatable bonds is 3. The molecule has 0 aromatic heterocycles. The van der Waals surface area contributed by atoms with Crippen molar-refractivity contribution in [2.45, 2.75) is 13.8 Å². The lowest BCUT2D eigenvalue weighted by Crippen LogP contribution is -2.19. The zero-order valence-electron chi connectivity index (χ0n) is 12.7. The van der Waals surface area contributed by atoms with Crippen LogP contribution in [0.15, 0.2) is 33.3 Å². The molecule has 8 heteroatoms. The van der Waals surface area contributed by atoms with Gasteiger partial charge in [0.15, 0.2) is 5.17 Å². The summed E-state index contributed by atoms with van der Waals surface area (Å²) in [6.07, 6.45) is 2.69. The lowest BCUT2D eigenvalue weighted by atomic mass is 10.1. The lowest BCUT2D eigenvalue weighted by Gasteiger charge is -2.03. The highest BCUT2D eigenvalue weighted by Crippen LogP contribution is 2.23. The van der Waals surface area contributed by atoms with E-state index in [9.17, 15) is 9.59 Å². The Hall–Kier alpha value is -2.12. The Balaban J connectivity index is 2.13. The quantitative estimate of drug-likeness (QED) is 0.393. The Morgan fingerprint density at radius 1 is 1.35 bits per heavy atom. The van der Waals surface area contributed by atoms with Crippen LogP contribution in [0.3, 0.4) is 0 Å². The first-order valence-corrected chi connectivity index (χ1v) is 7.76. The van der Waals surface area contributed by atoms with Crippen LogP contribution in [0.25, 0.3) is 0 Å². The van der Waals surface area contributed by atoms with E-state index in [-0.39, 0.29) is 4.91 Å². The van der Waals surface area contributed by atoms with E-state index in [1.807, 2.05) is 26.0 Å². The molecule has 2 rings (SSSR count). The molecule has 1 aliphatic heterocycles. The molecule has 1 aromatic rings. The van der Waals surface area contributed by atoms with Gasteiger partial charge in [-0.15, -0.1) is 5.10 Å². The standard InChI is InChI=1S/C15H14ClN3O3S/c1-8-5-11(16)9(2)4-10(8)7-17-19-15-18-14(21)12(23-15)6-13(20)22-3/h4-7H,1-3H3,(H,18,19,21)/b12-6+,17-7?. The van der Waals surface area contributed by atoms with Crippen LogP contribution in [0.5, 0.6) is 0 Å². The molecule has 6 nitrogen and oxygen atoms in total. The number of methoxy groups -OCH3 is 1. The smallest absolute Gasteiger partial charge is 0.331 e. The van der Waals surface area contributed by atoms with E-state index >= 15 is 0 Å². The maximum atomic E-state index is 11.7. The number of hydrogen-bond acceptors (Lipinski definition) is 6. The van der Waals surface area contributed by atoms with Gasteiger partial charge in [0.05, 0.1) is 18.2 Å². The van der Waals surface area contributed by atoms with E-state index in [0.29, 0.717) is 10.2 Å². The number of amidine groups is 1. The Morgan fingerprint density at radius 3 is 2.78 bits per heavy atom. The van der Waals surface area contributed by atoms with Crippen molar-refractivity contribution in [3.05, 3.63) is 44.8 Å². The molecule has 0 spiro atoms. The third-order valence-electron chi connectivity index (χ3n) is 2.99. The van der Waals surface area contributed by atoms with Gasteiger partial charge in [0.1, 0.15) is 0 Å². The number of esters is 1. The molecule has 0 atom stereocenters. The van der Waals surface area contributed by atoms with Crippen molar-refractivity contribution >= 4 is 46.6 Å². The van der Waals surface area contributed by atoms with Crippen LogP contribution in [0.2, 0.25) is 5.02 Å². The number of nitrogens with zero attached hydrogens (tertiary/aromatic N) is 2. The predicted molar refractivity (Wildman–Crippen MR) is 91.8 cm³/mol. The van der Waals surface area contributed by atoms with Gasteiger partial charge >= 0.3 is 5.97 Å². The largest absolute Gasteiger partial charge is 0.466 e. The van der Waals surface area contributed by atoms with Gasteiger partial charge < -0.3 is 4.74 Å². The van der Waals surface area contributed by atoms with Crippen LogP contribution < -0.4 is 5.32 Å². The minimum absolute atomic E-state index is 0.212. The van der Waals surface area contributed by atoms with E-state index in [2.05, 4.69) is 20.3 Å². The molecule has 0 aliphatic carbocycles. The van der Waals surface area contributed by atoms with Crippen molar-refractivity contribution in [2.24, 2.45) is 10.2 Å². The van der Waals surface area contributed by atoms with Crippen LogP contribution >= 0.6 is 23.4 Å². The number of aryl methyl sites for hydroxylation is 2. The number of carbonyl (C=O) groups excluding carboxylic acids is 2. The average Bonchev–Trinajstić information content (AvgIpc) is 2.84. The molecule has 1 aliphatic rings. The molecule has 1 saturated heterocycles. The van der Waals surface area contributed by atoms with E-state index in [4.69, 9.17) is 11.6 Å². The van der Waals surface area contributed by atoms with Crippen LogP contribution in [-0.2, 0) is 14.3 Å². The zero-order chi connectivity index (χ0) is 17.0. The van der Waals surface area contributed by atoms with E-state index in [1.165, 1.54) is 7.11 Å². The molecule has 0 unspecified atom stereocenters. The van der Waals surface area contributed by atoms with Crippen molar-refractivity contribution in [3.8, 4) is 0 Å². The lowest BCUT2D eigenvalue weighted by molar-refractivity contribution is -0.135. The molecule has 1 aromatic carbocycles. The van der Waals surface area contributed by atoms with Gasteiger partial charge in [-0.3, -0.25) is 10.1 Å². The number of benzene rings is 1. The Labute approximate surface area is 142 Å². The molecule has 1 amide bonds. The number of carbonyl (C=O) groups is 2. The van der Waals surface area contributed by atoms with E-state index in [0.717, 1.165) is 34.5 Å². The summed E-state index contributed by atoms with van der Waals surface area (Å²) in [5, 5.41) is 11.4. The number of nitrogens with one attached hydrogen (secondary N) is 1. The molecule has 120 valence electrons. The van der Waals surface area contributed by atoms with Gasteiger partial charge in [0.25, 0.3) is 5.91 Å². The molecule has 0 saturated carbocycles. The summed E-state index contributed by atoms with van der Waals surface area (Å²) in [5.41, 5.74) is 2.80. The summed E-state index contributed by atoms with van der Waals surface area (Å²) in [4.78, 5) is 23.0. The molecular weight excluding hydrogens is 338 g/mol. The molecule has 23 heavy (non-hydrogen) atoms. The van der Waals surface area contributed by atoms with Gasteiger partial charge in [0.2, 0.25) is 0 Å². The van der Waals surface area contributed by atoms with Gasteiger partial charge in [-0.2, -0.15) is 5.10 Å². The number of amides is 1. The first-order valence-electron chi connectivity index (χ1n) is 6.57. The summed E-state index contributed by atoms with van der Waals surface area (Å²) in [5.74, 6) is -1.01. The maximum Gasteiger partial charge on any atom is 0.331 e. The van der Waals surface area contributed by atoms with E-state index in [1.54, 1.807) is 6.21 Å². The number of hydrogen-bond donors (Lipinski definition) is 1. The van der Waals surface area contributed by atoms with Gasteiger partial charge in [0, 0.05) is 11.1 Å². The molecule has 1 N–H and O–H groups in total. The minimum Gasteiger partial charge on any atom is -0.466 e. The normalized spacial score (nSPS) is 18.0. The third kappa shape index (κ3) is 4.43. The average molecular weight is 352 g/mol. The van der Waals surface area contributed by atoms with Crippen molar-refractivity contribution in [3.63, 3.8) is 0 Å². The highest BCUT2D eigenvalue weighted by atomic mass is 35.5. The zero-order valence-corrected chi connectivity index (χ0v) is 14.3. The van der Waals surface area contributed by atoms with Crippen LogP contribution in [0.4, 0.5) is 0 Å².